The van der Waals surface area contributed by atoms with Gasteiger partial charge < -0.3 is 5.32 Å². The molecule has 0 aliphatic heterocycles. The normalized spacial score (nSPS) is 10.6. The summed E-state index contributed by atoms with van der Waals surface area (Å²) in [7, 11) is 0. The summed E-state index contributed by atoms with van der Waals surface area (Å²) >= 11 is 11.7. The molecule has 8 heteroatoms. The first-order valence-electron chi connectivity index (χ1n) is 6.31. The highest BCUT2D eigenvalue weighted by molar-refractivity contribution is 6.39. The summed E-state index contributed by atoms with van der Waals surface area (Å²) in [5, 5.41) is 6.68. The summed E-state index contributed by atoms with van der Waals surface area (Å²) in [4.78, 5) is 23.2. The summed E-state index contributed by atoms with van der Waals surface area (Å²) in [5.74, 6) is -2.51. The maximum absolute atomic E-state index is 13.0. The second-order valence-electron chi connectivity index (χ2n) is 4.33. The van der Waals surface area contributed by atoms with Gasteiger partial charge in [0.15, 0.2) is 0 Å². The predicted octanol–water partition coefficient (Wildman–Crippen LogP) is 3.22. The number of carbonyl (C=O) groups is 2. The summed E-state index contributed by atoms with van der Waals surface area (Å²) in [6.45, 7) is 0. The minimum atomic E-state index is -1.00. The van der Waals surface area contributed by atoms with Crippen LogP contribution in [-0.4, -0.2) is 18.0 Å². The number of carbonyl (C=O) groups excluding carboxylic acids is 2. The van der Waals surface area contributed by atoms with Crippen LogP contribution in [-0.2, 0) is 9.59 Å². The fraction of sp³-hybridized carbons (Fsp3) is 0. The third kappa shape index (κ3) is 5.05. The van der Waals surface area contributed by atoms with E-state index >= 15 is 0 Å². The topological polar surface area (TPSA) is 70.6 Å². The van der Waals surface area contributed by atoms with E-state index in [4.69, 9.17) is 23.2 Å². The number of halogens is 3. The molecular formula is C15H10Cl2FN3O2. The molecule has 0 unspecified atom stereocenters. The lowest BCUT2D eigenvalue weighted by Gasteiger charge is -2.03. The van der Waals surface area contributed by atoms with Gasteiger partial charge in [-0.05, 0) is 30.3 Å². The predicted molar refractivity (Wildman–Crippen MR) is 87.2 cm³/mol. The Morgan fingerprint density at radius 1 is 1.09 bits per heavy atom. The molecule has 0 aliphatic rings. The Hall–Kier alpha value is -2.44. The van der Waals surface area contributed by atoms with Gasteiger partial charge in [-0.25, -0.2) is 9.82 Å². The van der Waals surface area contributed by atoms with Crippen LogP contribution in [0.4, 0.5) is 10.1 Å². The van der Waals surface area contributed by atoms with Crippen molar-refractivity contribution in [1.29, 1.82) is 0 Å². The second-order valence-corrected chi connectivity index (χ2v) is 5.17. The third-order valence-electron chi connectivity index (χ3n) is 2.62. The fourth-order valence-corrected chi connectivity index (χ4v) is 2.03. The zero-order valence-corrected chi connectivity index (χ0v) is 13.0. The van der Waals surface area contributed by atoms with Gasteiger partial charge in [0.1, 0.15) is 5.82 Å². The molecule has 5 nitrogen and oxygen atoms in total. The van der Waals surface area contributed by atoms with Gasteiger partial charge >= 0.3 is 11.8 Å². The molecule has 2 aromatic rings. The highest BCUT2D eigenvalue weighted by atomic mass is 35.5. The van der Waals surface area contributed by atoms with Gasteiger partial charge in [0.25, 0.3) is 0 Å². The molecule has 0 fully saturated rings. The Bertz CT molecular complexity index is 781. The molecule has 0 saturated heterocycles. The van der Waals surface area contributed by atoms with Crippen molar-refractivity contribution >= 4 is 46.9 Å². The molecule has 2 rings (SSSR count). The highest BCUT2D eigenvalue weighted by Crippen LogP contribution is 2.19. The Morgan fingerprint density at radius 2 is 1.87 bits per heavy atom. The molecule has 2 amide bonds. The SMILES string of the molecule is O=C(N/N=C\c1ccc(Cl)cc1Cl)C(=O)Nc1cccc(F)c1. The van der Waals surface area contributed by atoms with E-state index in [-0.39, 0.29) is 5.69 Å². The number of benzene rings is 2. The van der Waals surface area contributed by atoms with Gasteiger partial charge in [-0.2, -0.15) is 5.10 Å². The van der Waals surface area contributed by atoms with Crippen LogP contribution in [0, 0.1) is 5.82 Å². The fourth-order valence-electron chi connectivity index (χ4n) is 1.57. The average Bonchev–Trinajstić information content (AvgIpc) is 2.49. The molecule has 2 N–H and O–H groups in total. The molecule has 23 heavy (non-hydrogen) atoms. The van der Waals surface area contributed by atoms with Crippen molar-refractivity contribution in [2.24, 2.45) is 5.10 Å². The molecule has 0 bridgehead atoms. The van der Waals surface area contributed by atoms with Crippen molar-refractivity contribution in [3.63, 3.8) is 0 Å². The van der Waals surface area contributed by atoms with Crippen LogP contribution < -0.4 is 10.7 Å². The number of nitrogens with zero attached hydrogens (tertiary/aromatic N) is 1. The van der Waals surface area contributed by atoms with Gasteiger partial charge in [0.05, 0.1) is 11.2 Å². The third-order valence-corrected chi connectivity index (χ3v) is 3.18. The Kier molecular flexibility index (Phi) is 5.67. The van der Waals surface area contributed by atoms with Gasteiger partial charge in [0.2, 0.25) is 0 Å². The lowest BCUT2D eigenvalue weighted by molar-refractivity contribution is -0.136. The second kappa shape index (κ2) is 7.71. The molecule has 0 aromatic heterocycles. The Morgan fingerprint density at radius 3 is 2.57 bits per heavy atom. The van der Waals surface area contributed by atoms with Crippen molar-refractivity contribution in [3.8, 4) is 0 Å². The molecular weight excluding hydrogens is 344 g/mol. The zero-order valence-electron chi connectivity index (χ0n) is 11.5. The minimum absolute atomic E-state index is 0.162. The number of hydrogen-bond acceptors (Lipinski definition) is 3. The number of hydrogen-bond donors (Lipinski definition) is 2. The summed E-state index contributed by atoms with van der Waals surface area (Å²) in [6, 6.07) is 9.88. The van der Waals surface area contributed by atoms with Gasteiger partial charge in [-0.3, -0.25) is 9.59 Å². The largest absolute Gasteiger partial charge is 0.329 e. The average molecular weight is 354 g/mol. The van der Waals surface area contributed by atoms with E-state index in [9.17, 15) is 14.0 Å². The van der Waals surface area contributed by atoms with Crippen LogP contribution in [0.1, 0.15) is 5.56 Å². The highest BCUT2D eigenvalue weighted by Gasteiger charge is 2.13. The molecule has 118 valence electrons. The maximum atomic E-state index is 13.0. The molecule has 0 radical (unpaired) electrons. The first kappa shape index (κ1) is 16.9. The lowest BCUT2D eigenvalue weighted by Crippen LogP contribution is -2.32. The molecule has 0 spiro atoms. The first-order chi connectivity index (χ1) is 11.0. The summed E-state index contributed by atoms with van der Waals surface area (Å²) in [6.07, 6.45) is 1.27. The van der Waals surface area contributed by atoms with E-state index in [2.05, 4.69) is 10.4 Å². The van der Waals surface area contributed by atoms with E-state index in [1.807, 2.05) is 5.43 Å². The van der Waals surface area contributed by atoms with Crippen molar-refractivity contribution in [2.45, 2.75) is 0 Å². The van der Waals surface area contributed by atoms with Crippen LogP contribution in [0.15, 0.2) is 47.6 Å². The van der Waals surface area contributed by atoms with Crippen molar-refractivity contribution < 1.29 is 14.0 Å². The smallest absolute Gasteiger partial charge is 0.318 e. The Labute approximate surface area is 141 Å². The number of hydrazone groups is 1. The number of rotatable bonds is 3. The van der Waals surface area contributed by atoms with E-state index in [1.165, 1.54) is 30.5 Å². The van der Waals surface area contributed by atoms with Crippen LogP contribution in [0.25, 0.3) is 0 Å². The number of anilines is 1. The first-order valence-corrected chi connectivity index (χ1v) is 7.06. The van der Waals surface area contributed by atoms with Crippen LogP contribution >= 0.6 is 23.2 Å². The lowest BCUT2D eigenvalue weighted by atomic mass is 10.2. The molecule has 2 aromatic carbocycles. The van der Waals surface area contributed by atoms with E-state index in [1.54, 1.807) is 12.1 Å². The van der Waals surface area contributed by atoms with E-state index in [0.717, 1.165) is 6.07 Å². The standard InChI is InChI=1S/C15H10Cl2FN3O2/c16-10-5-4-9(13(17)6-10)8-19-21-15(23)14(22)20-12-3-1-2-11(18)7-12/h1-8H,(H,20,22)(H,21,23)/b19-8-. The van der Waals surface area contributed by atoms with E-state index in [0.29, 0.717) is 15.6 Å². The van der Waals surface area contributed by atoms with Gasteiger partial charge in [-0.1, -0.05) is 35.3 Å². The summed E-state index contributed by atoms with van der Waals surface area (Å²) < 4.78 is 13.0. The minimum Gasteiger partial charge on any atom is -0.318 e. The quantitative estimate of drug-likeness (QED) is 0.505. The van der Waals surface area contributed by atoms with Gasteiger partial charge in [0, 0.05) is 16.3 Å². The van der Waals surface area contributed by atoms with Crippen molar-refractivity contribution in [1.82, 2.24) is 5.43 Å². The maximum Gasteiger partial charge on any atom is 0.329 e. The zero-order chi connectivity index (χ0) is 16.8. The molecule has 0 aliphatic carbocycles. The van der Waals surface area contributed by atoms with Crippen molar-refractivity contribution in [3.05, 3.63) is 63.9 Å². The molecule has 0 saturated carbocycles. The van der Waals surface area contributed by atoms with E-state index < -0.39 is 17.6 Å². The molecule has 0 atom stereocenters. The number of amides is 2. The van der Waals surface area contributed by atoms with Crippen LogP contribution in [0.5, 0.6) is 0 Å². The van der Waals surface area contributed by atoms with Crippen molar-refractivity contribution in [2.75, 3.05) is 5.32 Å². The molecule has 0 heterocycles. The number of nitrogens with one attached hydrogen (secondary N) is 2. The van der Waals surface area contributed by atoms with Crippen LogP contribution in [0.2, 0.25) is 10.0 Å². The van der Waals surface area contributed by atoms with Crippen LogP contribution in [0.3, 0.4) is 0 Å². The Balaban J connectivity index is 1.93. The van der Waals surface area contributed by atoms with Gasteiger partial charge in [-0.15, -0.1) is 0 Å². The summed E-state index contributed by atoms with van der Waals surface area (Å²) in [5.41, 5.74) is 2.72. The monoisotopic (exact) mass is 353 g/mol.